The second-order valence-corrected chi connectivity index (χ2v) is 5.27. The molecule has 0 amide bonds. The van der Waals surface area contributed by atoms with Crippen LogP contribution < -0.4 is 0 Å². The first-order chi connectivity index (χ1) is 7.61. The fraction of sp³-hybridized carbons (Fsp3) is 0.538. The van der Waals surface area contributed by atoms with Gasteiger partial charge in [-0.15, -0.1) is 11.8 Å². The van der Waals surface area contributed by atoms with E-state index in [1.54, 1.807) is 11.8 Å². The van der Waals surface area contributed by atoms with Crippen LogP contribution >= 0.6 is 11.8 Å². The summed E-state index contributed by atoms with van der Waals surface area (Å²) in [4.78, 5) is 5.90. The number of nitrogens with zero attached hydrogens (tertiary/aromatic N) is 2. The number of likely N-dealkylation sites (N-methyl/N-ethyl adjacent to an activating group) is 2. The van der Waals surface area contributed by atoms with Gasteiger partial charge in [-0.25, -0.2) is 0 Å². The molecule has 0 fully saturated rings. The van der Waals surface area contributed by atoms with Gasteiger partial charge in [0.2, 0.25) is 0 Å². The van der Waals surface area contributed by atoms with Gasteiger partial charge in [0.15, 0.2) is 0 Å². The molecule has 0 aliphatic heterocycles. The van der Waals surface area contributed by atoms with E-state index in [0.29, 0.717) is 0 Å². The van der Waals surface area contributed by atoms with E-state index in [1.807, 2.05) is 0 Å². The molecule has 1 rings (SSSR count). The van der Waals surface area contributed by atoms with Gasteiger partial charge in [0, 0.05) is 24.5 Å². The van der Waals surface area contributed by atoms with E-state index < -0.39 is 0 Å². The first kappa shape index (κ1) is 13.6. The van der Waals surface area contributed by atoms with Crippen LogP contribution in [-0.2, 0) is 6.54 Å². The standard InChI is InChI=1S/C13H22N2S/c1-14(2)9-10-15(3)11-12-5-7-13(16-4)8-6-12/h5-8H,9-11H2,1-4H3. The number of rotatable bonds is 6. The van der Waals surface area contributed by atoms with Crippen LogP contribution in [0.1, 0.15) is 5.56 Å². The Bertz CT molecular complexity index is 295. The average molecular weight is 238 g/mol. The van der Waals surface area contributed by atoms with Crippen LogP contribution in [0.25, 0.3) is 0 Å². The second kappa shape index (κ2) is 6.94. The van der Waals surface area contributed by atoms with Gasteiger partial charge >= 0.3 is 0 Å². The lowest BCUT2D eigenvalue weighted by molar-refractivity contribution is 0.276. The molecule has 0 saturated carbocycles. The number of thioether (sulfide) groups is 1. The third-order valence-electron chi connectivity index (χ3n) is 2.54. The second-order valence-electron chi connectivity index (χ2n) is 4.39. The molecule has 0 unspecified atom stereocenters. The molecule has 90 valence electrons. The molecular formula is C13H22N2S. The van der Waals surface area contributed by atoms with Gasteiger partial charge in [-0.05, 0) is 45.1 Å². The minimum absolute atomic E-state index is 1.03. The van der Waals surface area contributed by atoms with Crippen molar-refractivity contribution in [2.24, 2.45) is 0 Å². The van der Waals surface area contributed by atoms with Crippen LogP contribution in [-0.4, -0.2) is 50.3 Å². The molecule has 1 aromatic carbocycles. The topological polar surface area (TPSA) is 6.48 Å². The lowest BCUT2D eigenvalue weighted by atomic mass is 10.2. The van der Waals surface area contributed by atoms with Crippen molar-refractivity contribution < 1.29 is 0 Å². The third-order valence-corrected chi connectivity index (χ3v) is 3.28. The van der Waals surface area contributed by atoms with Crippen LogP contribution in [0.3, 0.4) is 0 Å². The summed E-state index contributed by atoms with van der Waals surface area (Å²) in [5, 5.41) is 0. The Morgan fingerprint density at radius 3 is 2.12 bits per heavy atom. The predicted octanol–water partition coefficient (Wildman–Crippen LogP) is 2.40. The van der Waals surface area contributed by atoms with Crippen molar-refractivity contribution in [1.29, 1.82) is 0 Å². The fourth-order valence-electron chi connectivity index (χ4n) is 1.49. The van der Waals surface area contributed by atoms with E-state index in [-0.39, 0.29) is 0 Å². The summed E-state index contributed by atoms with van der Waals surface area (Å²) in [5.74, 6) is 0. The zero-order chi connectivity index (χ0) is 12.0. The van der Waals surface area contributed by atoms with Crippen LogP contribution in [0.4, 0.5) is 0 Å². The number of benzene rings is 1. The molecule has 1 aromatic rings. The van der Waals surface area contributed by atoms with Gasteiger partial charge in [-0.3, -0.25) is 0 Å². The zero-order valence-electron chi connectivity index (χ0n) is 10.7. The van der Waals surface area contributed by atoms with Gasteiger partial charge in [0.05, 0.1) is 0 Å². The molecule has 0 spiro atoms. The number of hydrogen-bond acceptors (Lipinski definition) is 3. The van der Waals surface area contributed by atoms with Crippen molar-refractivity contribution in [3.8, 4) is 0 Å². The highest BCUT2D eigenvalue weighted by atomic mass is 32.2. The van der Waals surface area contributed by atoms with E-state index in [1.165, 1.54) is 10.5 Å². The van der Waals surface area contributed by atoms with E-state index in [9.17, 15) is 0 Å². The molecule has 0 bridgehead atoms. The lowest BCUT2D eigenvalue weighted by Gasteiger charge is -2.19. The minimum atomic E-state index is 1.03. The van der Waals surface area contributed by atoms with Crippen molar-refractivity contribution in [3.05, 3.63) is 29.8 Å². The molecule has 0 radical (unpaired) electrons. The van der Waals surface area contributed by atoms with Crippen molar-refractivity contribution >= 4 is 11.8 Å². The normalized spacial score (nSPS) is 11.4. The van der Waals surface area contributed by atoms with E-state index >= 15 is 0 Å². The maximum Gasteiger partial charge on any atom is 0.0231 e. The summed E-state index contributed by atoms with van der Waals surface area (Å²) in [6.45, 7) is 3.25. The summed E-state index contributed by atoms with van der Waals surface area (Å²) in [6, 6.07) is 8.83. The molecule has 0 atom stereocenters. The van der Waals surface area contributed by atoms with Crippen LogP contribution in [0, 0.1) is 0 Å². The third kappa shape index (κ3) is 5.01. The molecule has 3 heteroatoms. The lowest BCUT2D eigenvalue weighted by Crippen LogP contribution is -2.28. The largest absolute Gasteiger partial charge is 0.308 e. The van der Waals surface area contributed by atoms with Crippen LogP contribution in [0.15, 0.2) is 29.2 Å². The van der Waals surface area contributed by atoms with Gasteiger partial charge in [-0.2, -0.15) is 0 Å². The summed E-state index contributed by atoms with van der Waals surface area (Å²) in [6.07, 6.45) is 2.11. The summed E-state index contributed by atoms with van der Waals surface area (Å²) in [5.41, 5.74) is 1.39. The molecule has 0 N–H and O–H groups in total. The summed E-state index contributed by atoms with van der Waals surface area (Å²) < 4.78 is 0. The van der Waals surface area contributed by atoms with Gasteiger partial charge in [0.1, 0.15) is 0 Å². The number of hydrogen-bond donors (Lipinski definition) is 0. The average Bonchev–Trinajstić information content (AvgIpc) is 2.27. The molecule has 0 aromatic heterocycles. The summed E-state index contributed by atoms with van der Waals surface area (Å²) in [7, 11) is 6.40. The molecule has 16 heavy (non-hydrogen) atoms. The van der Waals surface area contributed by atoms with Gasteiger partial charge in [0.25, 0.3) is 0 Å². The smallest absolute Gasteiger partial charge is 0.0231 e. The monoisotopic (exact) mass is 238 g/mol. The Hall–Kier alpha value is -0.510. The Morgan fingerprint density at radius 1 is 1.00 bits per heavy atom. The van der Waals surface area contributed by atoms with Gasteiger partial charge in [-0.1, -0.05) is 12.1 Å². The first-order valence-corrected chi connectivity index (χ1v) is 6.80. The SMILES string of the molecule is CSc1ccc(CN(C)CCN(C)C)cc1. The van der Waals surface area contributed by atoms with Crippen molar-refractivity contribution in [3.63, 3.8) is 0 Å². The predicted molar refractivity (Wildman–Crippen MR) is 73.1 cm³/mol. The molecular weight excluding hydrogens is 216 g/mol. The highest BCUT2D eigenvalue weighted by Crippen LogP contribution is 2.15. The Morgan fingerprint density at radius 2 is 1.62 bits per heavy atom. The van der Waals surface area contributed by atoms with E-state index in [2.05, 4.69) is 61.5 Å². The maximum atomic E-state index is 2.36. The van der Waals surface area contributed by atoms with Crippen molar-refractivity contribution in [2.75, 3.05) is 40.5 Å². The quantitative estimate of drug-likeness (QED) is 0.703. The van der Waals surface area contributed by atoms with Crippen molar-refractivity contribution in [2.45, 2.75) is 11.4 Å². The molecule has 0 saturated heterocycles. The summed E-state index contributed by atoms with van der Waals surface area (Å²) >= 11 is 1.79. The Kier molecular flexibility index (Phi) is 5.88. The van der Waals surface area contributed by atoms with Crippen LogP contribution in [0.5, 0.6) is 0 Å². The molecule has 0 heterocycles. The maximum absolute atomic E-state index is 2.36. The fourth-order valence-corrected chi connectivity index (χ4v) is 1.90. The van der Waals surface area contributed by atoms with Gasteiger partial charge < -0.3 is 9.80 Å². The zero-order valence-corrected chi connectivity index (χ0v) is 11.5. The highest BCUT2D eigenvalue weighted by Gasteiger charge is 2.01. The minimum Gasteiger partial charge on any atom is -0.308 e. The van der Waals surface area contributed by atoms with E-state index in [4.69, 9.17) is 0 Å². The van der Waals surface area contributed by atoms with E-state index in [0.717, 1.165) is 19.6 Å². The highest BCUT2D eigenvalue weighted by molar-refractivity contribution is 7.98. The van der Waals surface area contributed by atoms with Crippen LogP contribution in [0.2, 0.25) is 0 Å². The molecule has 0 aliphatic carbocycles. The van der Waals surface area contributed by atoms with Crippen molar-refractivity contribution in [1.82, 2.24) is 9.80 Å². The Balaban J connectivity index is 2.40. The Labute approximate surface area is 104 Å². The first-order valence-electron chi connectivity index (χ1n) is 5.58. The molecule has 0 aliphatic rings. The molecule has 2 nitrogen and oxygen atoms in total.